The summed E-state index contributed by atoms with van der Waals surface area (Å²) in [6.45, 7) is 13.8. The fourth-order valence-electron chi connectivity index (χ4n) is 6.83. The van der Waals surface area contributed by atoms with E-state index in [1.807, 2.05) is 23.0 Å². The number of aldehydes is 1. The number of phenols is 1. The third-order valence-corrected chi connectivity index (χ3v) is 10.5. The summed E-state index contributed by atoms with van der Waals surface area (Å²) < 4.78 is 1.97. The average Bonchev–Trinajstić information content (AvgIpc) is 3.58. The van der Waals surface area contributed by atoms with Crippen LogP contribution in [0.4, 0.5) is 5.69 Å². The molecule has 1 aliphatic rings. The van der Waals surface area contributed by atoms with E-state index < -0.39 is 0 Å². The molecule has 3 aromatic rings. The molecule has 1 fully saturated rings. The number of piperidine rings is 1. The van der Waals surface area contributed by atoms with Gasteiger partial charge in [0.1, 0.15) is 5.75 Å². The van der Waals surface area contributed by atoms with E-state index in [2.05, 4.69) is 117 Å². The van der Waals surface area contributed by atoms with Gasteiger partial charge in [-0.2, -0.15) is 5.10 Å². The molecule has 0 radical (unpaired) electrons. The number of aromatic hydroxyl groups is 1. The van der Waals surface area contributed by atoms with E-state index in [9.17, 15) is 9.90 Å². The molecule has 0 spiro atoms. The smallest absolute Gasteiger partial charge is 0.153 e. The van der Waals surface area contributed by atoms with E-state index in [4.69, 9.17) is 5.10 Å². The minimum atomic E-state index is -0.0785. The number of anilines is 1. The fraction of sp³-hybridized carbons (Fsp3) is 0.525. The molecule has 2 unspecified atom stereocenters. The van der Waals surface area contributed by atoms with Gasteiger partial charge in [-0.25, -0.2) is 4.68 Å². The minimum absolute atomic E-state index is 0.0785. The molecule has 2 aromatic carbocycles. The molecule has 0 amide bonds. The number of carbonyl (C=O) groups is 1. The summed E-state index contributed by atoms with van der Waals surface area (Å²) >= 11 is 0. The lowest BCUT2D eigenvalue weighted by Gasteiger charge is -2.46. The van der Waals surface area contributed by atoms with E-state index >= 15 is 0 Å². The Balaban J connectivity index is 1.38. The predicted octanol–water partition coefficient (Wildman–Crippen LogP) is 6.61. The monoisotopic (exact) mass is 669 g/mol. The van der Waals surface area contributed by atoms with Crippen molar-refractivity contribution >= 4 is 18.2 Å². The van der Waals surface area contributed by atoms with Crippen molar-refractivity contribution in [2.45, 2.75) is 65.5 Å². The Morgan fingerprint density at radius 3 is 2.41 bits per heavy atom. The van der Waals surface area contributed by atoms with Crippen LogP contribution in [-0.4, -0.2) is 103 Å². The van der Waals surface area contributed by atoms with Crippen LogP contribution in [0.15, 0.2) is 77.2 Å². The van der Waals surface area contributed by atoms with Crippen LogP contribution in [-0.2, 0) is 16.9 Å². The lowest BCUT2D eigenvalue weighted by atomic mass is 9.79. The predicted molar refractivity (Wildman–Crippen MR) is 203 cm³/mol. The molecular weight excluding hydrogens is 610 g/mol. The number of likely N-dealkylation sites (N-methyl/N-ethyl adjacent to an activating group) is 2. The van der Waals surface area contributed by atoms with E-state index in [-0.39, 0.29) is 11.5 Å². The largest absolute Gasteiger partial charge is 0.508 e. The van der Waals surface area contributed by atoms with Gasteiger partial charge in [-0.15, -0.1) is 0 Å². The van der Waals surface area contributed by atoms with E-state index in [1.165, 1.54) is 11.1 Å². The summed E-state index contributed by atoms with van der Waals surface area (Å²) in [6.07, 6.45) is 10.9. The molecule has 49 heavy (non-hydrogen) atoms. The molecule has 1 N–H and O–H groups in total. The highest BCUT2D eigenvalue weighted by molar-refractivity contribution is 6.02. The number of hydrogen-bond donors (Lipinski definition) is 1. The van der Waals surface area contributed by atoms with E-state index in [0.29, 0.717) is 17.2 Å². The van der Waals surface area contributed by atoms with Crippen LogP contribution in [0.2, 0.25) is 0 Å². The molecule has 1 saturated heterocycles. The number of aromatic nitrogens is 2. The van der Waals surface area contributed by atoms with Gasteiger partial charge in [0.2, 0.25) is 0 Å². The van der Waals surface area contributed by atoms with Gasteiger partial charge in [0.05, 0.1) is 17.5 Å². The van der Waals surface area contributed by atoms with Crippen molar-refractivity contribution < 1.29 is 9.90 Å². The SMILES string of the molecule is CCC(C)CN=C/C(C=O)=C(\C(C)CC)N(C)CCN(C)c1cccc(-n2cc(CN3CCC(c4cccc(O)c4)(N(C)C)CC3)cn2)c1. The number of carbonyl (C=O) groups excluding carboxylic acids is 1. The van der Waals surface area contributed by atoms with Crippen LogP contribution in [0.1, 0.15) is 64.5 Å². The Bertz CT molecular complexity index is 1550. The lowest BCUT2D eigenvalue weighted by Crippen LogP contribution is -2.50. The Kier molecular flexibility index (Phi) is 13.6. The quantitative estimate of drug-likeness (QED) is 0.0984. The van der Waals surface area contributed by atoms with Crippen LogP contribution < -0.4 is 4.90 Å². The molecular formula is C40H59N7O2. The van der Waals surface area contributed by atoms with E-state index in [0.717, 1.165) is 88.3 Å². The van der Waals surface area contributed by atoms with Crippen molar-refractivity contribution in [3.05, 3.63) is 83.3 Å². The van der Waals surface area contributed by atoms with Crippen LogP contribution in [0.5, 0.6) is 5.75 Å². The zero-order valence-electron chi connectivity index (χ0n) is 31.1. The zero-order valence-corrected chi connectivity index (χ0v) is 31.1. The number of hydrogen-bond acceptors (Lipinski definition) is 8. The summed E-state index contributed by atoms with van der Waals surface area (Å²) in [4.78, 5) is 26.1. The molecule has 0 aliphatic carbocycles. The maximum absolute atomic E-state index is 12.2. The van der Waals surface area contributed by atoms with Gasteiger partial charge in [0.15, 0.2) is 6.29 Å². The van der Waals surface area contributed by atoms with Gasteiger partial charge in [-0.3, -0.25) is 19.6 Å². The number of phenolic OH excluding ortho intramolecular Hbond substituents is 1. The number of aliphatic imine (C=N–C) groups is 1. The topological polar surface area (TPSA) is 80.4 Å². The first-order chi connectivity index (χ1) is 23.5. The maximum Gasteiger partial charge on any atom is 0.153 e. The van der Waals surface area contributed by atoms with Crippen molar-refractivity contribution in [1.82, 2.24) is 24.5 Å². The van der Waals surface area contributed by atoms with Gasteiger partial charge in [-0.05, 0) is 81.1 Å². The maximum atomic E-state index is 12.2. The number of likely N-dealkylation sites (tertiary alicyclic amines) is 1. The van der Waals surface area contributed by atoms with Gasteiger partial charge in [0.25, 0.3) is 0 Å². The van der Waals surface area contributed by atoms with Crippen LogP contribution in [0.3, 0.4) is 0 Å². The standard InChI is InChI=1S/C40H59N7O2/c1-9-31(3)25-41-27-34(30-48)39(32(4)10-2)45(8)22-21-44(7)36-14-12-15-37(24-36)47-29-33(26-42-47)28-46-19-17-40(18-20-46,43(5)6)35-13-11-16-38(49)23-35/h11-16,23-24,26-27,29-32,49H,9-10,17-22,25,28H2,1-8H3/b39-34-,41-27?. The van der Waals surface area contributed by atoms with E-state index in [1.54, 1.807) is 12.3 Å². The van der Waals surface area contributed by atoms with Crippen molar-refractivity contribution in [1.29, 1.82) is 0 Å². The van der Waals surface area contributed by atoms with Gasteiger partial charge in [-0.1, -0.05) is 52.3 Å². The first kappa shape index (κ1) is 37.9. The number of benzene rings is 2. The normalized spacial score (nSPS) is 16.8. The Morgan fingerprint density at radius 1 is 1.02 bits per heavy atom. The van der Waals surface area contributed by atoms with Crippen molar-refractivity contribution in [2.24, 2.45) is 16.8 Å². The highest BCUT2D eigenvalue weighted by atomic mass is 16.3. The van der Waals surface area contributed by atoms with Crippen LogP contribution in [0.25, 0.3) is 5.69 Å². The van der Waals surface area contributed by atoms with Crippen molar-refractivity contribution in [2.75, 3.05) is 65.8 Å². The Labute approximate surface area is 294 Å². The molecule has 0 saturated carbocycles. The summed E-state index contributed by atoms with van der Waals surface area (Å²) in [7, 11) is 8.48. The summed E-state index contributed by atoms with van der Waals surface area (Å²) in [5.41, 5.74) is 6.17. The summed E-state index contributed by atoms with van der Waals surface area (Å²) in [5.74, 6) is 1.08. The summed E-state index contributed by atoms with van der Waals surface area (Å²) in [5, 5.41) is 14.9. The second kappa shape index (κ2) is 17.6. The Morgan fingerprint density at radius 2 is 1.76 bits per heavy atom. The third kappa shape index (κ3) is 9.61. The third-order valence-electron chi connectivity index (χ3n) is 10.5. The van der Waals surface area contributed by atoms with Crippen molar-refractivity contribution in [3.8, 4) is 11.4 Å². The molecule has 9 heteroatoms. The van der Waals surface area contributed by atoms with Crippen molar-refractivity contribution in [3.63, 3.8) is 0 Å². The number of rotatable bonds is 17. The Hall–Kier alpha value is -3.95. The second-order valence-corrected chi connectivity index (χ2v) is 14.2. The number of allylic oxidation sites excluding steroid dienone is 2. The van der Waals surface area contributed by atoms with Gasteiger partial charge >= 0.3 is 0 Å². The molecule has 1 aliphatic heterocycles. The molecule has 1 aromatic heterocycles. The highest BCUT2D eigenvalue weighted by Gasteiger charge is 2.38. The molecule has 4 rings (SSSR count). The number of nitrogens with zero attached hydrogens (tertiary/aromatic N) is 7. The lowest BCUT2D eigenvalue weighted by molar-refractivity contribution is -0.104. The molecule has 266 valence electrons. The average molecular weight is 670 g/mol. The molecule has 2 heterocycles. The first-order valence-electron chi connectivity index (χ1n) is 18.0. The minimum Gasteiger partial charge on any atom is -0.508 e. The van der Waals surface area contributed by atoms with Gasteiger partial charge < -0.3 is 14.9 Å². The summed E-state index contributed by atoms with van der Waals surface area (Å²) in [6, 6.07) is 16.2. The second-order valence-electron chi connectivity index (χ2n) is 14.2. The molecule has 0 bridgehead atoms. The molecule has 9 nitrogen and oxygen atoms in total. The van der Waals surface area contributed by atoms with Gasteiger partial charge in [0, 0.05) is 88.3 Å². The van der Waals surface area contributed by atoms with Crippen LogP contribution >= 0.6 is 0 Å². The zero-order chi connectivity index (χ0) is 35.6. The molecule has 2 atom stereocenters. The van der Waals surface area contributed by atoms with Crippen LogP contribution in [0, 0.1) is 11.8 Å². The fourth-order valence-corrected chi connectivity index (χ4v) is 6.83. The highest BCUT2D eigenvalue weighted by Crippen LogP contribution is 2.38. The first-order valence-corrected chi connectivity index (χ1v) is 18.0.